The third-order valence-electron chi connectivity index (χ3n) is 3.39. The van der Waals surface area contributed by atoms with Crippen LogP contribution in [0.2, 0.25) is 0 Å². The molecule has 3 aromatic rings. The molecule has 0 aliphatic heterocycles. The summed E-state index contributed by atoms with van der Waals surface area (Å²) >= 11 is -0.474. The number of carbonyl (C=O) groups excluding carboxylic acids is 1. The highest BCUT2D eigenvalue weighted by atomic mass is 127. The highest BCUT2D eigenvalue weighted by Crippen LogP contribution is 2.24. The van der Waals surface area contributed by atoms with Gasteiger partial charge in [-0.2, -0.15) is 0 Å². The number of benzene rings is 3. The van der Waals surface area contributed by atoms with Crippen LogP contribution in [0.1, 0.15) is 10.4 Å². The summed E-state index contributed by atoms with van der Waals surface area (Å²) in [4.78, 5) is 11.9. The van der Waals surface area contributed by atoms with Crippen LogP contribution in [0.4, 0.5) is 22.0 Å². The van der Waals surface area contributed by atoms with E-state index in [1.807, 2.05) is 30.3 Å². The minimum absolute atomic E-state index is 0.0789. The van der Waals surface area contributed by atoms with E-state index in [0.29, 0.717) is 0 Å². The molecule has 0 spiro atoms. The van der Waals surface area contributed by atoms with Gasteiger partial charge in [0, 0.05) is 0 Å². The van der Waals surface area contributed by atoms with E-state index in [1.165, 1.54) is 12.1 Å². The quantitative estimate of drug-likeness (QED) is 0.139. The van der Waals surface area contributed by atoms with Gasteiger partial charge in [0.15, 0.2) is 30.4 Å². The Labute approximate surface area is 160 Å². The molecule has 138 valence electrons. The van der Waals surface area contributed by atoms with Gasteiger partial charge in [0.05, 0.1) is 0 Å². The van der Waals surface area contributed by atoms with Crippen molar-refractivity contribution in [1.82, 2.24) is 0 Å². The fraction of sp³-hybridized carbons (Fsp3) is 0. The minimum atomic E-state index is -2.34. The smallest absolute Gasteiger partial charge is 0.357 e. The van der Waals surface area contributed by atoms with Crippen molar-refractivity contribution >= 4 is 5.97 Å². The van der Waals surface area contributed by atoms with Crippen molar-refractivity contribution in [3.63, 3.8) is 0 Å². The van der Waals surface area contributed by atoms with Gasteiger partial charge in [0.1, 0.15) is 11.3 Å². The Hall–Kier alpha value is -2.49. The maximum atomic E-state index is 13.6. The molecule has 0 heterocycles. The predicted molar refractivity (Wildman–Crippen MR) is 81.5 cm³/mol. The molecule has 3 rings (SSSR count). The largest absolute Gasteiger partial charge is 0.423 e. The van der Waals surface area contributed by atoms with Gasteiger partial charge in [-0.3, -0.25) is 0 Å². The molecule has 0 saturated heterocycles. The lowest BCUT2D eigenvalue weighted by Crippen LogP contribution is -3.61. The average molecular weight is 491 g/mol. The molecular weight excluding hydrogens is 482 g/mol. The van der Waals surface area contributed by atoms with E-state index in [-0.39, 0.29) is 5.75 Å². The maximum absolute atomic E-state index is 13.6. The lowest BCUT2D eigenvalue weighted by atomic mass is 10.1. The first-order valence-electron chi connectivity index (χ1n) is 7.42. The van der Waals surface area contributed by atoms with Gasteiger partial charge >= 0.3 is 27.2 Å². The third kappa shape index (κ3) is 4.10. The van der Waals surface area contributed by atoms with Crippen molar-refractivity contribution in [2.24, 2.45) is 0 Å². The van der Waals surface area contributed by atoms with Crippen LogP contribution in [0.15, 0.2) is 54.6 Å². The second-order valence-electron chi connectivity index (χ2n) is 5.18. The minimum Gasteiger partial charge on any atom is -0.423 e. The number of ether oxygens (including phenoxy) is 1. The Morgan fingerprint density at radius 3 is 1.70 bits per heavy atom. The van der Waals surface area contributed by atoms with Gasteiger partial charge in [0.25, 0.3) is 0 Å². The lowest BCUT2D eigenvalue weighted by Gasteiger charge is -2.08. The highest BCUT2D eigenvalue weighted by Gasteiger charge is 2.31. The number of rotatable bonds is 4. The Bertz CT molecular complexity index is 962. The van der Waals surface area contributed by atoms with Gasteiger partial charge in [-0.25, -0.2) is 26.7 Å². The summed E-state index contributed by atoms with van der Waals surface area (Å²) in [7, 11) is 0. The van der Waals surface area contributed by atoms with Crippen LogP contribution in [0.3, 0.4) is 0 Å². The van der Waals surface area contributed by atoms with E-state index in [9.17, 15) is 26.7 Å². The van der Waals surface area contributed by atoms with Gasteiger partial charge in [-0.1, -0.05) is 18.2 Å². The fourth-order valence-electron chi connectivity index (χ4n) is 2.11. The molecule has 0 amide bonds. The number of halogens is 6. The SMILES string of the molecule is O=C(Oc1ccc([I+]c2ccccc2)cc1)c1c(F)c(F)c(F)c(F)c1F. The van der Waals surface area contributed by atoms with Crippen LogP contribution >= 0.6 is 0 Å². The zero-order chi connectivity index (χ0) is 19.6. The Morgan fingerprint density at radius 1 is 0.667 bits per heavy atom. The molecule has 0 radical (unpaired) electrons. The Balaban J connectivity index is 1.79. The number of hydrogen-bond acceptors (Lipinski definition) is 2. The van der Waals surface area contributed by atoms with Crippen molar-refractivity contribution in [2.75, 3.05) is 0 Å². The lowest BCUT2D eigenvalue weighted by molar-refractivity contribution is -0.597. The van der Waals surface area contributed by atoms with Crippen LogP contribution in [0, 0.1) is 36.2 Å². The second-order valence-corrected chi connectivity index (χ2v) is 8.21. The van der Waals surface area contributed by atoms with Crippen LogP contribution in [-0.4, -0.2) is 5.97 Å². The van der Waals surface area contributed by atoms with E-state index >= 15 is 0 Å². The normalized spacial score (nSPS) is 10.7. The van der Waals surface area contributed by atoms with E-state index in [2.05, 4.69) is 0 Å². The van der Waals surface area contributed by atoms with Crippen LogP contribution in [0.25, 0.3) is 0 Å². The second kappa shape index (κ2) is 8.03. The number of esters is 1. The fourth-order valence-corrected chi connectivity index (χ4v) is 4.32. The molecule has 27 heavy (non-hydrogen) atoms. The molecule has 0 atom stereocenters. The molecule has 0 N–H and O–H groups in total. The van der Waals surface area contributed by atoms with Gasteiger partial charge < -0.3 is 4.74 Å². The van der Waals surface area contributed by atoms with Crippen molar-refractivity contribution in [1.29, 1.82) is 0 Å². The maximum Gasteiger partial charge on any atom is 0.357 e. The zero-order valence-electron chi connectivity index (χ0n) is 13.3. The predicted octanol–water partition coefficient (Wildman–Crippen LogP) is 1.73. The van der Waals surface area contributed by atoms with E-state index in [4.69, 9.17) is 4.74 Å². The van der Waals surface area contributed by atoms with E-state index < -0.39 is 61.8 Å². The first-order valence-corrected chi connectivity index (χ1v) is 9.57. The molecule has 0 aliphatic carbocycles. The van der Waals surface area contributed by atoms with Crippen molar-refractivity contribution in [3.8, 4) is 5.75 Å². The summed E-state index contributed by atoms with van der Waals surface area (Å²) < 4.78 is 73.6. The monoisotopic (exact) mass is 491 g/mol. The summed E-state index contributed by atoms with van der Waals surface area (Å²) in [5, 5.41) is 0. The van der Waals surface area contributed by atoms with Crippen LogP contribution in [0.5, 0.6) is 5.75 Å². The number of hydrogen-bond donors (Lipinski definition) is 0. The van der Waals surface area contributed by atoms with Crippen LogP contribution in [-0.2, 0) is 0 Å². The summed E-state index contributed by atoms with van der Waals surface area (Å²) in [5.74, 6) is -13.0. The summed E-state index contributed by atoms with van der Waals surface area (Å²) in [5.41, 5.74) is -1.63. The molecule has 2 nitrogen and oxygen atoms in total. The summed E-state index contributed by atoms with van der Waals surface area (Å²) in [6, 6.07) is 15.8. The molecule has 3 aromatic carbocycles. The molecule has 0 saturated carbocycles. The van der Waals surface area contributed by atoms with E-state index in [1.54, 1.807) is 12.1 Å². The van der Waals surface area contributed by atoms with Gasteiger partial charge in [-0.15, -0.1) is 0 Å². The first kappa shape index (κ1) is 19.3. The molecule has 0 unspecified atom stereocenters. The first-order chi connectivity index (χ1) is 12.9. The van der Waals surface area contributed by atoms with Crippen LogP contribution < -0.4 is 25.9 Å². The zero-order valence-corrected chi connectivity index (χ0v) is 15.4. The average Bonchev–Trinajstić information content (AvgIpc) is 2.67. The van der Waals surface area contributed by atoms with Gasteiger partial charge in [-0.05, 0) is 36.4 Å². The molecular formula is C19H9F5IO2+. The van der Waals surface area contributed by atoms with Crippen molar-refractivity contribution in [2.45, 2.75) is 0 Å². The molecule has 8 heteroatoms. The summed E-state index contributed by atoms with van der Waals surface area (Å²) in [6.07, 6.45) is 0. The Morgan fingerprint density at radius 2 is 1.15 bits per heavy atom. The molecule has 0 aliphatic rings. The molecule has 0 fully saturated rings. The van der Waals surface area contributed by atoms with E-state index in [0.717, 1.165) is 7.14 Å². The highest BCUT2D eigenvalue weighted by molar-refractivity contribution is 5.91. The van der Waals surface area contributed by atoms with Gasteiger partial charge in [0.2, 0.25) is 5.82 Å². The standard InChI is InChI=1S/C19H9F5IO2/c20-14-13(15(21)17(23)18(24)16(14)22)19(26)27-12-8-6-11(7-9-12)25-10-4-2-1-3-5-10/h1-9H/q+1. The topological polar surface area (TPSA) is 26.3 Å². The third-order valence-corrected chi connectivity index (χ3v) is 6.07. The number of carbonyl (C=O) groups is 1. The molecule has 0 bridgehead atoms. The summed E-state index contributed by atoms with van der Waals surface area (Å²) in [6.45, 7) is 0. The molecule has 0 aromatic heterocycles. The van der Waals surface area contributed by atoms with Crippen molar-refractivity contribution in [3.05, 3.63) is 96.4 Å². The van der Waals surface area contributed by atoms with Crippen molar-refractivity contribution < 1.29 is 52.7 Å². The Kier molecular flexibility index (Phi) is 5.73.